The Balaban J connectivity index is 2.19. The van der Waals surface area contributed by atoms with Gasteiger partial charge in [0.05, 0.1) is 11.6 Å². The van der Waals surface area contributed by atoms with E-state index in [1.165, 1.54) is 16.5 Å². The molecule has 0 aliphatic heterocycles. The third kappa shape index (κ3) is 5.21. The summed E-state index contributed by atoms with van der Waals surface area (Å²) in [7, 11) is 2.08. The Labute approximate surface area is 163 Å². The van der Waals surface area contributed by atoms with Gasteiger partial charge in [0.25, 0.3) is 0 Å². The number of hydrogen-bond donors (Lipinski definition) is 1. The minimum absolute atomic E-state index is 0.429. The number of nitrogens with one attached hydrogen (secondary N) is 1. The Hall–Kier alpha value is -2.57. The second-order valence-electron chi connectivity index (χ2n) is 7.12. The first-order valence-corrected chi connectivity index (χ1v) is 9.73. The second kappa shape index (κ2) is 9.94. The summed E-state index contributed by atoms with van der Waals surface area (Å²) < 4.78 is 2.17. The smallest absolute Gasteiger partial charge is 0.0991 e. The van der Waals surface area contributed by atoms with Crippen molar-refractivity contribution >= 4 is 10.9 Å². The molecule has 0 amide bonds. The molecule has 3 nitrogen and oxygen atoms in total. The highest BCUT2D eigenvalue weighted by atomic mass is 14.9. The molecule has 3 heteroatoms. The van der Waals surface area contributed by atoms with Crippen molar-refractivity contribution in [3.8, 4) is 6.07 Å². The van der Waals surface area contributed by atoms with Crippen molar-refractivity contribution in [3.63, 3.8) is 0 Å². The van der Waals surface area contributed by atoms with Crippen LogP contribution in [0, 0.1) is 11.3 Å². The van der Waals surface area contributed by atoms with Crippen molar-refractivity contribution < 1.29 is 0 Å². The molecule has 142 valence electrons. The van der Waals surface area contributed by atoms with Gasteiger partial charge in [-0.3, -0.25) is 0 Å². The molecule has 0 radical (unpaired) electrons. The third-order valence-corrected chi connectivity index (χ3v) is 5.23. The number of aromatic nitrogens is 1. The fraction of sp³-hybridized carbons (Fsp3) is 0.375. The zero-order valence-electron chi connectivity index (χ0n) is 16.8. The van der Waals surface area contributed by atoms with Gasteiger partial charge in [-0.15, -0.1) is 0 Å². The van der Waals surface area contributed by atoms with Crippen LogP contribution in [0.1, 0.15) is 50.2 Å². The molecule has 0 fully saturated rings. The van der Waals surface area contributed by atoms with Crippen molar-refractivity contribution in [1.82, 2.24) is 9.88 Å². The van der Waals surface area contributed by atoms with E-state index < -0.39 is 0 Å². The number of benzene rings is 1. The molecule has 2 rings (SSSR count). The Morgan fingerprint density at radius 2 is 2.11 bits per heavy atom. The molecular formula is C24H31N3. The minimum atomic E-state index is 0.429. The van der Waals surface area contributed by atoms with E-state index in [1.807, 2.05) is 24.3 Å². The summed E-state index contributed by atoms with van der Waals surface area (Å²) in [6.45, 7) is 13.0. The molecule has 2 aromatic rings. The highest BCUT2D eigenvalue weighted by Gasteiger charge is 2.20. The normalized spacial score (nSPS) is 13.6. The lowest BCUT2D eigenvalue weighted by Gasteiger charge is -2.23. The van der Waals surface area contributed by atoms with Crippen LogP contribution in [0.3, 0.4) is 0 Å². The van der Waals surface area contributed by atoms with Crippen LogP contribution in [-0.4, -0.2) is 17.2 Å². The van der Waals surface area contributed by atoms with Crippen molar-refractivity contribution in [2.75, 3.05) is 6.54 Å². The summed E-state index contributed by atoms with van der Waals surface area (Å²) in [6, 6.07) is 8.68. The van der Waals surface area contributed by atoms with E-state index >= 15 is 0 Å². The van der Waals surface area contributed by atoms with Gasteiger partial charge in [0, 0.05) is 36.7 Å². The quantitative estimate of drug-likeness (QED) is 0.560. The molecule has 1 aromatic heterocycles. The van der Waals surface area contributed by atoms with Crippen LogP contribution in [0.2, 0.25) is 0 Å². The number of rotatable bonds is 10. The summed E-state index contributed by atoms with van der Waals surface area (Å²) in [5, 5.41) is 14.1. The lowest BCUT2D eigenvalue weighted by Crippen LogP contribution is -2.31. The zero-order chi connectivity index (χ0) is 19.8. The largest absolute Gasteiger partial charge is 0.350 e. The molecule has 0 bridgehead atoms. The molecule has 0 saturated heterocycles. The lowest BCUT2D eigenvalue weighted by molar-refractivity contribution is 0.436. The molecule has 0 spiro atoms. The van der Waals surface area contributed by atoms with E-state index in [9.17, 15) is 5.26 Å². The lowest BCUT2D eigenvalue weighted by atomic mass is 9.88. The maximum Gasteiger partial charge on any atom is 0.0991 e. The molecule has 1 heterocycles. The fourth-order valence-electron chi connectivity index (χ4n) is 3.61. The van der Waals surface area contributed by atoms with Gasteiger partial charge in [0.2, 0.25) is 0 Å². The maximum absolute atomic E-state index is 9.27. The van der Waals surface area contributed by atoms with Gasteiger partial charge >= 0.3 is 0 Å². The van der Waals surface area contributed by atoms with Gasteiger partial charge < -0.3 is 9.88 Å². The van der Waals surface area contributed by atoms with E-state index in [2.05, 4.69) is 62.3 Å². The van der Waals surface area contributed by atoms with E-state index in [-0.39, 0.29) is 0 Å². The van der Waals surface area contributed by atoms with Crippen LogP contribution in [-0.2, 0) is 7.05 Å². The summed E-state index contributed by atoms with van der Waals surface area (Å²) in [4.78, 5) is 0. The summed E-state index contributed by atoms with van der Waals surface area (Å²) in [5.41, 5.74) is 4.31. The van der Waals surface area contributed by atoms with Gasteiger partial charge in [-0.2, -0.15) is 5.26 Å². The van der Waals surface area contributed by atoms with Gasteiger partial charge in [-0.05, 0) is 54.5 Å². The maximum atomic E-state index is 9.27. The SMILES string of the molecule is C=C/C=C\C(=C)CNC(CC)CC(CC)c1cn(C)c2ccc(C#N)cc12. The Morgan fingerprint density at radius 3 is 2.74 bits per heavy atom. The van der Waals surface area contributed by atoms with Gasteiger partial charge in [-0.25, -0.2) is 0 Å². The molecule has 1 aromatic carbocycles. The number of aryl methyl sites for hydroxylation is 1. The van der Waals surface area contributed by atoms with Crippen molar-refractivity contribution in [3.05, 3.63) is 72.5 Å². The highest BCUT2D eigenvalue weighted by molar-refractivity contribution is 5.85. The molecule has 0 saturated carbocycles. The first-order chi connectivity index (χ1) is 13.0. The summed E-state index contributed by atoms with van der Waals surface area (Å²) in [5.74, 6) is 0.456. The van der Waals surface area contributed by atoms with Gasteiger partial charge in [0.1, 0.15) is 0 Å². The van der Waals surface area contributed by atoms with E-state index in [4.69, 9.17) is 0 Å². The Bertz CT molecular complexity index is 864. The first kappa shape index (κ1) is 20.7. The average molecular weight is 362 g/mol. The Kier molecular flexibility index (Phi) is 7.64. The van der Waals surface area contributed by atoms with Crippen molar-refractivity contribution in [2.45, 2.75) is 45.1 Å². The van der Waals surface area contributed by atoms with Gasteiger partial charge in [-0.1, -0.05) is 45.2 Å². The predicted octanol–water partition coefficient (Wildman–Crippen LogP) is 5.60. The number of fused-ring (bicyclic) bond motifs is 1. The molecule has 2 unspecified atom stereocenters. The second-order valence-corrected chi connectivity index (χ2v) is 7.12. The Morgan fingerprint density at radius 1 is 1.33 bits per heavy atom. The highest BCUT2D eigenvalue weighted by Crippen LogP contribution is 2.33. The molecular weight excluding hydrogens is 330 g/mol. The average Bonchev–Trinajstić information content (AvgIpc) is 3.02. The molecule has 27 heavy (non-hydrogen) atoms. The van der Waals surface area contributed by atoms with Crippen molar-refractivity contribution in [2.24, 2.45) is 7.05 Å². The van der Waals surface area contributed by atoms with Crippen LogP contribution in [0.15, 0.2) is 61.4 Å². The molecule has 0 aliphatic carbocycles. The van der Waals surface area contributed by atoms with Crippen LogP contribution in [0.25, 0.3) is 10.9 Å². The predicted molar refractivity (Wildman–Crippen MR) is 116 cm³/mol. The van der Waals surface area contributed by atoms with Crippen LogP contribution in [0.5, 0.6) is 0 Å². The van der Waals surface area contributed by atoms with E-state index in [1.54, 1.807) is 6.08 Å². The van der Waals surface area contributed by atoms with E-state index in [0.717, 1.165) is 36.9 Å². The first-order valence-electron chi connectivity index (χ1n) is 9.73. The molecule has 2 atom stereocenters. The van der Waals surface area contributed by atoms with Crippen LogP contribution < -0.4 is 5.32 Å². The topological polar surface area (TPSA) is 40.8 Å². The third-order valence-electron chi connectivity index (χ3n) is 5.23. The van der Waals surface area contributed by atoms with Gasteiger partial charge in [0.15, 0.2) is 0 Å². The van der Waals surface area contributed by atoms with E-state index in [0.29, 0.717) is 12.0 Å². The van der Waals surface area contributed by atoms with Crippen LogP contribution >= 0.6 is 0 Å². The van der Waals surface area contributed by atoms with Crippen LogP contribution in [0.4, 0.5) is 0 Å². The molecule has 0 aliphatic rings. The zero-order valence-corrected chi connectivity index (χ0v) is 16.8. The molecule has 1 N–H and O–H groups in total. The number of nitrogens with zero attached hydrogens (tertiary/aromatic N) is 2. The number of hydrogen-bond acceptors (Lipinski definition) is 2. The number of allylic oxidation sites excluding steroid dienone is 2. The summed E-state index contributed by atoms with van der Waals surface area (Å²) in [6.07, 6.45) is 11.1. The number of nitriles is 1. The standard InChI is InChI=1S/C24H31N3/c1-6-9-10-18(4)16-26-21(8-3)14-20(7-2)23-17-27(5)24-12-11-19(15-25)13-22(23)24/h6,9-13,17,20-21,26H,1,4,7-8,14,16H2,2-3,5H3/b10-9-. The monoisotopic (exact) mass is 361 g/mol. The van der Waals surface area contributed by atoms with Crippen molar-refractivity contribution in [1.29, 1.82) is 5.26 Å². The summed E-state index contributed by atoms with van der Waals surface area (Å²) >= 11 is 0. The fourth-order valence-corrected chi connectivity index (χ4v) is 3.61. The minimum Gasteiger partial charge on any atom is -0.350 e.